The van der Waals surface area contributed by atoms with Crippen molar-refractivity contribution in [1.29, 1.82) is 0 Å². The number of rotatable bonds is 5. The predicted molar refractivity (Wildman–Crippen MR) is 77.7 cm³/mol. The van der Waals surface area contributed by atoms with Crippen LogP contribution in [0.2, 0.25) is 5.02 Å². The second-order valence-electron chi connectivity index (χ2n) is 4.37. The van der Waals surface area contributed by atoms with E-state index < -0.39 is 0 Å². The van der Waals surface area contributed by atoms with Gasteiger partial charge in [-0.05, 0) is 49.4 Å². The smallest absolute Gasteiger partial charge is 0.146 e. The third-order valence-corrected chi connectivity index (χ3v) is 3.37. The van der Waals surface area contributed by atoms with Gasteiger partial charge in [-0.15, -0.1) is 0 Å². The summed E-state index contributed by atoms with van der Waals surface area (Å²) in [5, 5.41) is 3.70. The first kappa shape index (κ1) is 14.8. The average molecular weight is 295 g/mol. The van der Waals surface area contributed by atoms with Crippen LogP contribution in [0.4, 0.5) is 4.39 Å². The van der Waals surface area contributed by atoms with E-state index in [1.807, 2.05) is 6.07 Å². The van der Waals surface area contributed by atoms with Crippen molar-refractivity contribution in [2.24, 2.45) is 0 Å². The zero-order valence-corrected chi connectivity index (χ0v) is 12.1. The van der Waals surface area contributed by atoms with E-state index in [1.54, 1.807) is 38.6 Å². The highest BCUT2D eigenvalue weighted by Crippen LogP contribution is 2.27. The van der Waals surface area contributed by atoms with E-state index in [0.29, 0.717) is 17.1 Å². The van der Waals surface area contributed by atoms with Gasteiger partial charge in [0, 0.05) is 11.2 Å². The van der Waals surface area contributed by atoms with Crippen LogP contribution < -0.4 is 10.1 Å². The van der Waals surface area contributed by atoms with Crippen molar-refractivity contribution < 1.29 is 9.13 Å². The Morgan fingerprint density at radius 3 is 2.85 bits per heavy atom. The number of hydrogen-bond donors (Lipinski definition) is 1. The van der Waals surface area contributed by atoms with Crippen molar-refractivity contribution in [1.82, 2.24) is 10.3 Å². The summed E-state index contributed by atoms with van der Waals surface area (Å²) >= 11 is 6.01. The van der Waals surface area contributed by atoms with Crippen molar-refractivity contribution >= 4 is 11.6 Å². The van der Waals surface area contributed by atoms with Crippen molar-refractivity contribution in [2.75, 3.05) is 14.2 Å². The highest BCUT2D eigenvalue weighted by Gasteiger charge is 2.18. The van der Waals surface area contributed by atoms with Crippen molar-refractivity contribution in [2.45, 2.75) is 12.5 Å². The second kappa shape index (κ2) is 6.68. The van der Waals surface area contributed by atoms with E-state index in [9.17, 15) is 4.39 Å². The van der Waals surface area contributed by atoms with Gasteiger partial charge in [-0.2, -0.15) is 0 Å². The molecule has 2 rings (SSSR count). The molecule has 0 amide bonds. The minimum atomic E-state index is -0.326. The Labute approximate surface area is 122 Å². The van der Waals surface area contributed by atoms with Crippen molar-refractivity contribution in [3.8, 4) is 5.75 Å². The van der Waals surface area contributed by atoms with Crippen molar-refractivity contribution in [3.63, 3.8) is 0 Å². The molecule has 1 N–H and O–H groups in total. The average Bonchev–Trinajstić information content (AvgIpc) is 2.46. The Balaban J connectivity index is 2.31. The number of benzene rings is 1. The van der Waals surface area contributed by atoms with Crippen LogP contribution in [0.1, 0.15) is 17.3 Å². The summed E-state index contributed by atoms with van der Waals surface area (Å²) in [5.41, 5.74) is 1.29. The third-order valence-electron chi connectivity index (χ3n) is 3.13. The Morgan fingerprint density at radius 2 is 2.20 bits per heavy atom. The number of ether oxygens (including phenoxy) is 1. The maximum atomic E-state index is 13.8. The van der Waals surface area contributed by atoms with Crippen LogP contribution >= 0.6 is 11.6 Å². The molecule has 1 aromatic carbocycles. The fourth-order valence-corrected chi connectivity index (χ4v) is 2.31. The lowest BCUT2D eigenvalue weighted by atomic mass is 10.0. The van der Waals surface area contributed by atoms with Crippen LogP contribution in [-0.2, 0) is 6.42 Å². The molecule has 0 fully saturated rings. The molecule has 0 aliphatic heterocycles. The lowest BCUT2D eigenvalue weighted by molar-refractivity contribution is 0.405. The highest BCUT2D eigenvalue weighted by molar-refractivity contribution is 6.30. The largest absolute Gasteiger partial charge is 0.496 e. The number of hydrogen-bond acceptors (Lipinski definition) is 3. The number of methoxy groups -OCH3 is 1. The molecule has 0 saturated carbocycles. The molecule has 106 valence electrons. The van der Waals surface area contributed by atoms with Crippen LogP contribution in [0.5, 0.6) is 5.75 Å². The molecule has 0 aliphatic rings. The summed E-state index contributed by atoms with van der Waals surface area (Å²) in [4.78, 5) is 4.11. The molecule has 1 unspecified atom stereocenters. The standard InChI is InChI=1S/C15H16ClFN2O/c1-18-13(15-12(17)4-3-7-19-15)9-10-8-11(16)5-6-14(10)20-2/h3-8,13,18H,9H2,1-2H3. The first-order valence-electron chi connectivity index (χ1n) is 6.25. The Kier molecular flexibility index (Phi) is 4.93. The molecule has 20 heavy (non-hydrogen) atoms. The lowest BCUT2D eigenvalue weighted by Crippen LogP contribution is -2.21. The van der Waals surface area contributed by atoms with Gasteiger partial charge < -0.3 is 10.1 Å². The van der Waals surface area contributed by atoms with Gasteiger partial charge in [-0.25, -0.2) is 4.39 Å². The van der Waals surface area contributed by atoms with Gasteiger partial charge in [0.25, 0.3) is 0 Å². The molecule has 0 spiro atoms. The summed E-state index contributed by atoms with van der Waals surface area (Å²) < 4.78 is 19.1. The summed E-state index contributed by atoms with van der Waals surface area (Å²) in [6, 6.07) is 8.13. The van der Waals surface area contributed by atoms with Gasteiger partial charge in [-0.1, -0.05) is 11.6 Å². The fraction of sp³-hybridized carbons (Fsp3) is 0.267. The van der Waals surface area contributed by atoms with Crippen molar-refractivity contribution in [3.05, 3.63) is 58.6 Å². The molecular weight excluding hydrogens is 279 g/mol. The lowest BCUT2D eigenvalue weighted by Gasteiger charge is -2.18. The van der Waals surface area contributed by atoms with Gasteiger partial charge in [0.1, 0.15) is 11.6 Å². The highest BCUT2D eigenvalue weighted by atomic mass is 35.5. The molecule has 3 nitrogen and oxygen atoms in total. The molecule has 1 atom stereocenters. The van der Waals surface area contributed by atoms with Crippen LogP contribution in [0.25, 0.3) is 0 Å². The number of nitrogens with one attached hydrogen (secondary N) is 1. The number of halogens is 2. The molecule has 2 aromatic rings. The van der Waals surface area contributed by atoms with Gasteiger partial charge >= 0.3 is 0 Å². The summed E-state index contributed by atoms with van der Waals surface area (Å²) in [7, 11) is 3.37. The van der Waals surface area contributed by atoms with E-state index in [-0.39, 0.29) is 11.9 Å². The summed E-state index contributed by atoms with van der Waals surface area (Å²) in [6.45, 7) is 0. The van der Waals surface area contributed by atoms with Crippen LogP contribution in [0.15, 0.2) is 36.5 Å². The minimum Gasteiger partial charge on any atom is -0.496 e. The molecule has 1 aromatic heterocycles. The first-order chi connectivity index (χ1) is 9.65. The first-order valence-corrected chi connectivity index (χ1v) is 6.63. The molecule has 0 saturated heterocycles. The van der Waals surface area contributed by atoms with Gasteiger partial charge in [0.2, 0.25) is 0 Å². The SMILES string of the molecule is CNC(Cc1cc(Cl)ccc1OC)c1ncccc1F. The van der Waals surface area contributed by atoms with E-state index in [4.69, 9.17) is 16.3 Å². The minimum absolute atomic E-state index is 0.247. The summed E-state index contributed by atoms with van der Waals surface area (Å²) in [5.74, 6) is 0.402. The number of nitrogens with zero attached hydrogens (tertiary/aromatic N) is 1. The van der Waals surface area contributed by atoms with Gasteiger partial charge in [-0.3, -0.25) is 4.98 Å². The Bertz CT molecular complexity index is 592. The molecule has 0 radical (unpaired) electrons. The third kappa shape index (κ3) is 3.26. The number of aromatic nitrogens is 1. The predicted octanol–water partition coefficient (Wildman–Crippen LogP) is 3.39. The molecular formula is C15H16ClFN2O. The van der Waals surface area contributed by atoms with E-state index in [2.05, 4.69) is 10.3 Å². The number of likely N-dealkylation sites (N-methyl/N-ethyl adjacent to an activating group) is 1. The molecule has 1 heterocycles. The molecule has 0 aliphatic carbocycles. The Hall–Kier alpha value is -1.65. The van der Waals surface area contributed by atoms with Crippen LogP contribution in [-0.4, -0.2) is 19.1 Å². The van der Waals surface area contributed by atoms with Crippen LogP contribution in [0.3, 0.4) is 0 Å². The zero-order valence-electron chi connectivity index (χ0n) is 11.4. The van der Waals surface area contributed by atoms with Gasteiger partial charge in [0.15, 0.2) is 0 Å². The Morgan fingerprint density at radius 1 is 1.40 bits per heavy atom. The molecule has 0 bridgehead atoms. The monoisotopic (exact) mass is 294 g/mol. The van der Waals surface area contributed by atoms with E-state index in [1.165, 1.54) is 6.07 Å². The zero-order chi connectivity index (χ0) is 14.5. The van der Waals surface area contributed by atoms with Gasteiger partial charge in [0.05, 0.1) is 18.8 Å². The second-order valence-corrected chi connectivity index (χ2v) is 4.81. The topological polar surface area (TPSA) is 34.1 Å². The summed E-state index contributed by atoms with van der Waals surface area (Å²) in [6.07, 6.45) is 2.12. The quantitative estimate of drug-likeness (QED) is 0.918. The maximum Gasteiger partial charge on any atom is 0.146 e. The van der Waals surface area contributed by atoms with Crippen LogP contribution in [0, 0.1) is 5.82 Å². The maximum absolute atomic E-state index is 13.8. The normalized spacial score (nSPS) is 12.2. The van der Waals surface area contributed by atoms with E-state index in [0.717, 1.165) is 11.3 Å². The number of pyridine rings is 1. The molecule has 5 heteroatoms. The fourth-order valence-electron chi connectivity index (χ4n) is 2.12. The van der Waals surface area contributed by atoms with E-state index >= 15 is 0 Å².